The molecule has 0 spiro atoms. The number of likely N-dealkylation sites (N-methyl/N-ethyl adjacent to an activating group) is 1. The molecule has 2 saturated heterocycles. The van der Waals surface area contributed by atoms with Crippen LogP contribution in [0.2, 0.25) is 0 Å². The largest absolute Gasteiger partial charge is 0.486 e. The number of morpholine rings is 1. The molecule has 0 unspecified atom stereocenters. The number of para-hydroxylation sites is 1. The lowest BCUT2D eigenvalue weighted by Gasteiger charge is -2.35. The molecule has 1 N–H and O–H groups in total. The van der Waals surface area contributed by atoms with E-state index in [9.17, 15) is 9.90 Å². The van der Waals surface area contributed by atoms with Gasteiger partial charge < -0.3 is 24.5 Å². The predicted octanol–water partition coefficient (Wildman–Crippen LogP) is 3.07. The van der Waals surface area contributed by atoms with Gasteiger partial charge in [0.1, 0.15) is 6.61 Å². The minimum atomic E-state index is -0.911. The zero-order valence-corrected chi connectivity index (χ0v) is 18.5. The predicted molar refractivity (Wildman–Crippen MR) is 124 cm³/mol. The lowest BCUT2D eigenvalue weighted by atomic mass is 9.98. The minimum absolute atomic E-state index is 0.143. The normalized spacial score (nSPS) is 19.6. The van der Waals surface area contributed by atoms with Crippen molar-refractivity contribution in [2.24, 2.45) is 0 Å². The number of amides is 1. The second-order valence-electron chi connectivity index (χ2n) is 8.77. The monoisotopic (exact) mass is 421 g/mol. The zero-order chi connectivity index (χ0) is 22.0. The summed E-state index contributed by atoms with van der Waals surface area (Å²) >= 11 is 0. The summed E-state index contributed by atoms with van der Waals surface area (Å²) in [6.45, 7) is 8.42. The summed E-state index contributed by atoms with van der Waals surface area (Å²) in [5.74, 6) is 0.217. The first kappa shape index (κ1) is 21.4. The van der Waals surface area contributed by atoms with Crippen molar-refractivity contribution in [2.45, 2.75) is 19.4 Å². The fraction of sp³-hybridized carbons (Fsp3) is 0.400. The summed E-state index contributed by atoms with van der Waals surface area (Å²) < 4.78 is 5.79. The molecule has 4 rings (SSSR count). The van der Waals surface area contributed by atoms with E-state index in [2.05, 4.69) is 22.9 Å². The van der Waals surface area contributed by atoms with Gasteiger partial charge in [-0.2, -0.15) is 0 Å². The number of hydrogen-bond acceptors (Lipinski definition) is 5. The number of nitrogens with zero attached hydrogens (tertiary/aromatic N) is 3. The Morgan fingerprint density at radius 1 is 0.968 bits per heavy atom. The van der Waals surface area contributed by atoms with E-state index in [1.165, 1.54) is 0 Å². The Labute approximate surface area is 184 Å². The average Bonchev–Trinajstić information content (AvgIpc) is 2.76. The number of carbonyl (C=O) groups is 1. The maximum Gasteiger partial charge on any atom is 0.293 e. The van der Waals surface area contributed by atoms with Crippen molar-refractivity contribution in [3.8, 4) is 0 Å². The van der Waals surface area contributed by atoms with Crippen LogP contribution < -0.4 is 9.80 Å². The van der Waals surface area contributed by atoms with E-state index in [4.69, 9.17) is 4.74 Å². The van der Waals surface area contributed by atoms with Gasteiger partial charge in [-0.1, -0.05) is 30.3 Å². The van der Waals surface area contributed by atoms with E-state index in [1.54, 1.807) is 18.7 Å². The molecular weight excluding hydrogens is 390 g/mol. The molecule has 2 aliphatic heterocycles. The summed E-state index contributed by atoms with van der Waals surface area (Å²) in [6.07, 6.45) is 1.87. The number of piperazine rings is 1. The van der Waals surface area contributed by atoms with Crippen LogP contribution in [0.3, 0.4) is 0 Å². The maximum atomic E-state index is 13.2. The highest BCUT2D eigenvalue weighted by Gasteiger charge is 2.27. The molecule has 164 valence electrons. The van der Waals surface area contributed by atoms with E-state index in [0.717, 1.165) is 48.7 Å². The van der Waals surface area contributed by atoms with Crippen LogP contribution in [0.5, 0.6) is 0 Å². The number of hydrogen-bond donors (Lipinski definition) is 1. The summed E-state index contributed by atoms with van der Waals surface area (Å²) in [7, 11) is 2.14. The van der Waals surface area contributed by atoms with E-state index >= 15 is 0 Å². The number of carbonyl (C=O) groups excluding carboxylic acids is 1. The van der Waals surface area contributed by atoms with Crippen LogP contribution in [0.1, 0.15) is 25.0 Å². The van der Waals surface area contributed by atoms with Gasteiger partial charge in [0.15, 0.2) is 5.76 Å². The van der Waals surface area contributed by atoms with Gasteiger partial charge >= 0.3 is 0 Å². The first-order valence-electron chi connectivity index (χ1n) is 10.8. The fourth-order valence-corrected chi connectivity index (χ4v) is 4.03. The third-order valence-corrected chi connectivity index (χ3v) is 5.98. The molecule has 2 aliphatic rings. The smallest absolute Gasteiger partial charge is 0.293 e. The van der Waals surface area contributed by atoms with Gasteiger partial charge in [0, 0.05) is 43.1 Å². The Balaban J connectivity index is 1.57. The molecule has 2 aromatic carbocycles. The molecular formula is C25H31N3O3. The molecule has 6 nitrogen and oxygen atoms in total. The molecule has 0 aliphatic carbocycles. The molecule has 1 amide bonds. The highest BCUT2D eigenvalue weighted by atomic mass is 16.5. The third-order valence-electron chi connectivity index (χ3n) is 5.98. The van der Waals surface area contributed by atoms with E-state index < -0.39 is 5.60 Å². The molecule has 0 atom stereocenters. The lowest BCUT2D eigenvalue weighted by Crippen LogP contribution is -2.44. The van der Waals surface area contributed by atoms with Crippen molar-refractivity contribution in [3.63, 3.8) is 0 Å². The third kappa shape index (κ3) is 4.75. The number of ether oxygens (including phenoxy) is 1. The Bertz CT molecular complexity index is 955. The topological polar surface area (TPSA) is 56.3 Å². The molecule has 0 saturated carbocycles. The summed E-state index contributed by atoms with van der Waals surface area (Å²) in [5.41, 5.74) is 2.83. The molecule has 31 heavy (non-hydrogen) atoms. The fourth-order valence-electron chi connectivity index (χ4n) is 4.03. The Kier molecular flexibility index (Phi) is 6.03. The van der Waals surface area contributed by atoms with Crippen LogP contribution in [0.15, 0.2) is 54.3 Å². The molecule has 2 fully saturated rings. The van der Waals surface area contributed by atoms with Gasteiger partial charge in [-0.3, -0.25) is 4.79 Å². The lowest BCUT2D eigenvalue weighted by molar-refractivity contribution is -0.120. The summed E-state index contributed by atoms with van der Waals surface area (Å²) in [4.78, 5) is 19.6. The highest BCUT2D eigenvalue weighted by Crippen LogP contribution is 2.28. The number of rotatable bonds is 4. The standard InChI is InChI=1S/C25H31N3O3/c1-25(2,30)20-8-10-21(11-9-20)28-16-17-31-23(24(28)29)18-19-6-4-5-7-22(19)27-14-12-26(3)13-15-27/h4-11,18,30H,12-17H2,1-3H3/b23-18-. The molecule has 0 aromatic heterocycles. The Morgan fingerprint density at radius 2 is 1.65 bits per heavy atom. The van der Waals surface area contributed by atoms with Gasteiger partial charge in [-0.15, -0.1) is 0 Å². The number of benzene rings is 2. The number of anilines is 2. The second kappa shape index (κ2) is 8.73. The first-order chi connectivity index (χ1) is 14.8. The van der Waals surface area contributed by atoms with Crippen LogP contribution in [-0.4, -0.2) is 62.3 Å². The van der Waals surface area contributed by atoms with Crippen LogP contribution in [0.4, 0.5) is 11.4 Å². The molecule has 2 aromatic rings. The SMILES string of the molecule is CN1CCN(c2ccccc2/C=C2\OCCN(c3ccc(C(C)(C)O)cc3)C2=O)CC1. The highest BCUT2D eigenvalue weighted by molar-refractivity contribution is 6.07. The van der Waals surface area contributed by atoms with Gasteiger partial charge in [-0.25, -0.2) is 0 Å². The maximum absolute atomic E-state index is 13.2. The summed E-state index contributed by atoms with van der Waals surface area (Å²) in [6, 6.07) is 15.7. The average molecular weight is 422 g/mol. The van der Waals surface area contributed by atoms with Gasteiger partial charge in [0.05, 0.1) is 12.1 Å². The van der Waals surface area contributed by atoms with E-state index in [-0.39, 0.29) is 5.91 Å². The Hall–Kier alpha value is -2.83. The zero-order valence-electron chi connectivity index (χ0n) is 18.5. The van der Waals surface area contributed by atoms with Crippen LogP contribution in [0, 0.1) is 0 Å². The molecule has 0 radical (unpaired) electrons. The van der Waals surface area contributed by atoms with E-state index in [1.807, 2.05) is 48.5 Å². The number of aliphatic hydroxyl groups is 1. The van der Waals surface area contributed by atoms with Crippen molar-refractivity contribution >= 4 is 23.4 Å². The van der Waals surface area contributed by atoms with Gasteiger partial charge in [0.25, 0.3) is 5.91 Å². The quantitative estimate of drug-likeness (QED) is 0.769. The molecule has 0 bridgehead atoms. The van der Waals surface area contributed by atoms with Crippen molar-refractivity contribution < 1.29 is 14.6 Å². The molecule has 2 heterocycles. The molecule has 6 heteroatoms. The Morgan fingerprint density at radius 3 is 2.32 bits per heavy atom. The van der Waals surface area contributed by atoms with Crippen molar-refractivity contribution in [1.82, 2.24) is 4.90 Å². The van der Waals surface area contributed by atoms with Crippen molar-refractivity contribution in [3.05, 3.63) is 65.4 Å². The van der Waals surface area contributed by atoms with Crippen LogP contribution in [0.25, 0.3) is 6.08 Å². The second-order valence-corrected chi connectivity index (χ2v) is 8.77. The first-order valence-corrected chi connectivity index (χ1v) is 10.8. The van der Waals surface area contributed by atoms with Gasteiger partial charge in [0.2, 0.25) is 0 Å². The van der Waals surface area contributed by atoms with E-state index in [0.29, 0.717) is 18.9 Å². The summed E-state index contributed by atoms with van der Waals surface area (Å²) in [5, 5.41) is 10.2. The van der Waals surface area contributed by atoms with Gasteiger partial charge in [-0.05, 0) is 50.7 Å². The van der Waals surface area contributed by atoms with Crippen molar-refractivity contribution in [1.29, 1.82) is 0 Å². The van der Waals surface area contributed by atoms with Crippen LogP contribution >= 0.6 is 0 Å². The van der Waals surface area contributed by atoms with Crippen molar-refractivity contribution in [2.75, 3.05) is 56.2 Å². The minimum Gasteiger partial charge on any atom is -0.486 e. The van der Waals surface area contributed by atoms with Crippen LogP contribution in [-0.2, 0) is 15.1 Å².